The molecular formula is C18H20N4O5S. The lowest BCUT2D eigenvalue weighted by Gasteiger charge is -2.23. The van der Waals surface area contributed by atoms with Crippen molar-refractivity contribution in [1.29, 1.82) is 0 Å². The number of aromatic nitrogens is 2. The number of para-hydroxylation sites is 1. The standard InChI is InChI=1S/C18H20N4O5S/c1-9(2)13(14(23)21-16-19-10(3)8-28(16)18(26)27)22-15(24)11-6-4-5-7-12(11)20-17(22)25/h4-9,13,28H,1-3H3,(H,20,25)(H,26,27)(H,19,21,23)/t13-/m0/s1. The van der Waals surface area contributed by atoms with Crippen molar-refractivity contribution in [2.75, 3.05) is 0 Å². The number of carbonyl (C=O) groups is 2. The molecule has 2 aromatic rings. The van der Waals surface area contributed by atoms with Crippen molar-refractivity contribution in [3.63, 3.8) is 0 Å². The van der Waals surface area contributed by atoms with Crippen LogP contribution in [0.5, 0.6) is 0 Å². The molecule has 28 heavy (non-hydrogen) atoms. The number of carbonyl (C=O) groups excluding carboxylic acids is 1. The number of benzene rings is 1. The minimum absolute atomic E-state index is 0.0286. The number of hydrogen-bond acceptors (Lipinski definition) is 5. The number of rotatable bonds is 3. The molecule has 1 unspecified atom stereocenters. The Hall–Kier alpha value is -3.14. The third-order valence-corrected chi connectivity index (χ3v) is 5.99. The average molecular weight is 404 g/mol. The number of allylic oxidation sites excluding steroid dienone is 1. The summed E-state index contributed by atoms with van der Waals surface area (Å²) in [6.45, 7) is 5.03. The first-order valence-corrected chi connectivity index (χ1v) is 9.95. The van der Waals surface area contributed by atoms with Crippen molar-refractivity contribution in [2.45, 2.75) is 26.8 Å². The number of aliphatic imine (C=N–C) groups is 1. The van der Waals surface area contributed by atoms with Crippen LogP contribution in [0.25, 0.3) is 10.9 Å². The first kappa shape index (κ1) is 19.6. The van der Waals surface area contributed by atoms with E-state index in [-0.39, 0.29) is 10.6 Å². The Morgan fingerprint density at radius 2 is 1.93 bits per heavy atom. The Morgan fingerprint density at radius 1 is 1.25 bits per heavy atom. The van der Waals surface area contributed by atoms with E-state index in [1.807, 2.05) is 0 Å². The van der Waals surface area contributed by atoms with E-state index in [4.69, 9.17) is 0 Å². The van der Waals surface area contributed by atoms with Gasteiger partial charge in [-0.3, -0.25) is 9.59 Å². The molecule has 9 nitrogen and oxygen atoms in total. The Labute approximate surface area is 162 Å². The minimum atomic E-state index is -1.80. The predicted molar refractivity (Wildman–Crippen MR) is 109 cm³/mol. The van der Waals surface area contributed by atoms with Gasteiger partial charge in [0.1, 0.15) is 6.04 Å². The second-order valence-corrected chi connectivity index (χ2v) is 8.49. The van der Waals surface area contributed by atoms with E-state index in [2.05, 4.69) is 15.3 Å². The molecule has 1 aliphatic rings. The van der Waals surface area contributed by atoms with Crippen molar-refractivity contribution >= 4 is 38.2 Å². The molecule has 1 aliphatic heterocycles. The van der Waals surface area contributed by atoms with Crippen molar-refractivity contribution in [3.8, 4) is 0 Å². The monoisotopic (exact) mass is 404 g/mol. The van der Waals surface area contributed by atoms with Gasteiger partial charge in [-0.15, -0.1) is 0 Å². The van der Waals surface area contributed by atoms with Crippen LogP contribution in [0.3, 0.4) is 0 Å². The summed E-state index contributed by atoms with van der Waals surface area (Å²) in [5.41, 5.74) is -0.422. The van der Waals surface area contributed by atoms with Crippen molar-refractivity contribution < 1.29 is 14.7 Å². The topological polar surface area (TPSA) is 134 Å². The molecular weight excluding hydrogens is 384 g/mol. The summed E-state index contributed by atoms with van der Waals surface area (Å²) < 4.78 is 0.876. The summed E-state index contributed by atoms with van der Waals surface area (Å²) in [5.74, 6) is -1.07. The number of carboxylic acid groups (broad SMARTS) is 1. The Kier molecular flexibility index (Phi) is 5.23. The Morgan fingerprint density at radius 3 is 2.57 bits per heavy atom. The maximum Gasteiger partial charge on any atom is 0.354 e. The van der Waals surface area contributed by atoms with Gasteiger partial charge in [-0.2, -0.15) is 0 Å². The van der Waals surface area contributed by atoms with Crippen LogP contribution in [0.1, 0.15) is 26.8 Å². The van der Waals surface area contributed by atoms with E-state index >= 15 is 0 Å². The number of thiol groups is 1. The van der Waals surface area contributed by atoms with Crippen LogP contribution in [0.4, 0.5) is 4.79 Å². The van der Waals surface area contributed by atoms with Crippen LogP contribution in [0, 0.1) is 5.92 Å². The average Bonchev–Trinajstić information content (AvgIpc) is 2.98. The first-order chi connectivity index (χ1) is 13.2. The molecule has 2 atom stereocenters. The van der Waals surface area contributed by atoms with Gasteiger partial charge in [0, 0.05) is 5.70 Å². The summed E-state index contributed by atoms with van der Waals surface area (Å²) in [7, 11) is -1.80. The molecule has 1 amide bonds. The number of hydrogen-bond donors (Lipinski definition) is 4. The Bertz CT molecular complexity index is 1140. The van der Waals surface area contributed by atoms with Crippen LogP contribution >= 0.6 is 10.9 Å². The van der Waals surface area contributed by atoms with Gasteiger partial charge in [0.05, 0.1) is 10.9 Å². The molecule has 2 heterocycles. The number of aromatic amines is 1. The second kappa shape index (κ2) is 7.47. The molecule has 0 saturated heterocycles. The number of fused-ring (bicyclic) bond motifs is 1. The van der Waals surface area contributed by atoms with Gasteiger partial charge in [0.25, 0.3) is 5.56 Å². The number of H-pyrrole nitrogens is 1. The summed E-state index contributed by atoms with van der Waals surface area (Å²) in [4.78, 5) is 56.5. The number of nitrogens with zero attached hydrogens (tertiary/aromatic N) is 2. The SMILES string of the molecule is CC1=C[SH](C(=O)O)C(NC(=O)[C@H](C(C)C)n2c(=O)[nH]c3ccccc3c2=O)=N1. The van der Waals surface area contributed by atoms with Gasteiger partial charge >= 0.3 is 11.0 Å². The van der Waals surface area contributed by atoms with Gasteiger partial charge in [-0.25, -0.2) is 19.1 Å². The smallest absolute Gasteiger partial charge is 0.354 e. The number of amidine groups is 1. The van der Waals surface area contributed by atoms with Crippen molar-refractivity contribution in [2.24, 2.45) is 10.9 Å². The van der Waals surface area contributed by atoms with Crippen molar-refractivity contribution in [1.82, 2.24) is 14.9 Å². The summed E-state index contributed by atoms with van der Waals surface area (Å²) >= 11 is 0. The van der Waals surface area contributed by atoms with E-state index < -0.39 is 45.3 Å². The van der Waals surface area contributed by atoms with Crippen molar-refractivity contribution in [3.05, 3.63) is 56.2 Å². The molecule has 0 aliphatic carbocycles. The van der Waals surface area contributed by atoms with Gasteiger partial charge in [0.15, 0.2) is 5.17 Å². The van der Waals surface area contributed by atoms with E-state index in [0.717, 1.165) is 4.57 Å². The van der Waals surface area contributed by atoms with Crippen LogP contribution in [0.2, 0.25) is 0 Å². The maximum atomic E-state index is 12.9. The molecule has 3 N–H and O–H groups in total. The molecule has 3 rings (SSSR count). The molecule has 0 saturated carbocycles. The van der Waals surface area contributed by atoms with E-state index in [0.29, 0.717) is 11.2 Å². The highest BCUT2D eigenvalue weighted by Gasteiger charge is 2.31. The van der Waals surface area contributed by atoms with E-state index in [1.165, 1.54) is 5.41 Å². The second-order valence-electron chi connectivity index (χ2n) is 6.69. The predicted octanol–water partition coefficient (Wildman–Crippen LogP) is 1.91. The fourth-order valence-electron chi connectivity index (χ4n) is 3.06. The van der Waals surface area contributed by atoms with Gasteiger partial charge < -0.3 is 15.4 Å². The van der Waals surface area contributed by atoms with E-state index in [9.17, 15) is 24.3 Å². The van der Waals surface area contributed by atoms with Crippen LogP contribution in [-0.2, 0) is 4.79 Å². The highest BCUT2D eigenvalue weighted by Crippen LogP contribution is 2.36. The van der Waals surface area contributed by atoms with Crippen LogP contribution in [-0.4, -0.2) is 31.0 Å². The summed E-state index contributed by atoms with van der Waals surface area (Å²) in [6.07, 6.45) is 0. The lowest BCUT2D eigenvalue weighted by Crippen LogP contribution is -2.47. The minimum Gasteiger partial charge on any atom is -0.474 e. The molecule has 0 spiro atoms. The summed E-state index contributed by atoms with van der Waals surface area (Å²) in [5, 5.41) is 12.5. The lowest BCUT2D eigenvalue weighted by atomic mass is 10.0. The zero-order valence-electron chi connectivity index (χ0n) is 15.5. The highest BCUT2D eigenvalue weighted by atomic mass is 32.2. The van der Waals surface area contributed by atoms with Gasteiger partial charge in [0.2, 0.25) is 5.91 Å². The molecule has 0 bridgehead atoms. The molecule has 1 aromatic carbocycles. The molecule has 0 radical (unpaired) electrons. The fraction of sp³-hybridized carbons (Fsp3) is 0.278. The van der Waals surface area contributed by atoms with Gasteiger partial charge in [-0.05, 0) is 30.4 Å². The maximum absolute atomic E-state index is 12.9. The highest BCUT2D eigenvalue weighted by molar-refractivity contribution is 8.43. The summed E-state index contributed by atoms with van der Waals surface area (Å²) in [6, 6.07) is 5.40. The molecule has 10 heteroatoms. The lowest BCUT2D eigenvalue weighted by molar-refractivity contribution is -0.124. The first-order valence-electron chi connectivity index (χ1n) is 8.54. The fourth-order valence-corrected chi connectivity index (χ4v) is 4.40. The largest absolute Gasteiger partial charge is 0.474 e. The Balaban J connectivity index is 2.04. The van der Waals surface area contributed by atoms with E-state index in [1.54, 1.807) is 45.0 Å². The number of nitrogens with one attached hydrogen (secondary N) is 2. The third kappa shape index (κ3) is 3.50. The zero-order chi connectivity index (χ0) is 20.6. The normalized spacial score (nSPS) is 18.6. The van der Waals surface area contributed by atoms with Crippen LogP contribution in [0.15, 0.2) is 50.0 Å². The quantitative estimate of drug-likeness (QED) is 0.580. The van der Waals surface area contributed by atoms with Crippen LogP contribution < -0.4 is 16.6 Å². The molecule has 148 valence electrons. The third-order valence-electron chi connectivity index (χ3n) is 4.28. The van der Waals surface area contributed by atoms with Gasteiger partial charge in [-0.1, -0.05) is 36.9 Å². The molecule has 1 aromatic heterocycles. The number of amides is 1. The zero-order valence-corrected chi connectivity index (χ0v) is 16.4. The molecule has 0 fully saturated rings.